The van der Waals surface area contributed by atoms with Crippen LogP contribution in [0, 0.1) is 11.3 Å². The zero-order chi connectivity index (χ0) is 14.6. The summed E-state index contributed by atoms with van der Waals surface area (Å²) in [5.41, 5.74) is 5.32. The SMILES string of the molecule is CC(C)c1cc(C(C)C)c(C=CC#N)c(C(C)C)c1. The number of hydrogen-bond donors (Lipinski definition) is 0. The topological polar surface area (TPSA) is 23.8 Å². The highest BCUT2D eigenvalue weighted by molar-refractivity contribution is 5.62. The van der Waals surface area contributed by atoms with Gasteiger partial charge in [-0.2, -0.15) is 5.26 Å². The molecule has 0 aliphatic carbocycles. The largest absolute Gasteiger partial charge is 0.193 e. The van der Waals surface area contributed by atoms with Crippen molar-refractivity contribution in [3.05, 3.63) is 40.5 Å². The average Bonchev–Trinajstić information content (AvgIpc) is 2.34. The molecular weight excluding hydrogens is 230 g/mol. The number of allylic oxidation sites excluding steroid dienone is 1. The normalized spacial score (nSPS) is 11.8. The van der Waals surface area contributed by atoms with Crippen LogP contribution in [0.4, 0.5) is 0 Å². The molecule has 0 aliphatic rings. The number of hydrogen-bond acceptors (Lipinski definition) is 1. The lowest BCUT2D eigenvalue weighted by molar-refractivity contribution is 0.801. The summed E-state index contributed by atoms with van der Waals surface area (Å²) >= 11 is 0. The van der Waals surface area contributed by atoms with Crippen molar-refractivity contribution < 1.29 is 0 Å². The summed E-state index contributed by atoms with van der Waals surface area (Å²) < 4.78 is 0. The summed E-state index contributed by atoms with van der Waals surface area (Å²) in [7, 11) is 0. The summed E-state index contributed by atoms with van der Waals surface area (Å²) in [6, 6.07) is 6.71. The molecule has 0 N–H and O–H groups in total. The summed E-state index contributed by atoms with van der Waals surface area (Å²) in [6.07, 6.45) is 3.55. The lowest BCUT2D eigenvalue weighted by atomic mass is 9.84. The van der Waals surface area contributed by atoms with Gasteiger partial charge >= 0.3 is 0 Å². The van der Waals surface area contributed by atoms with Crippen molar-refractivity contribution in [2.24, 2.45) is 0 Å². The van der Waals surface area contributed by atoms with Crippen molar-refractivity contribution in [3.8, 4) is 6.07 Å². The van der Waals surface area contributed by atoms with Crippen LogP contribution in [0.25, 0.3) is 6.08 Å². The third-order valence-electron chi connectivity index (χ3n) is 3.50. The highest BCUT2D eigenvalue weighted by Crippen LogP contribution is 2.32. The Labute approximate surface area is 118 Å². The quantitative estimate of drug-likeness (QED) is 0.643. The molecule has 1 nitrogen and oxygen atoms in total. The second kappa shape index (κ2) is 6.57. The minimum Gasteiger partial charge on any atom is -0.193 e. The fourth-order valence-electron chi connectivity index (χ4n) is 2.32. The van der Waals surface area contributed by atoms with Crippen LogP contribution in [0.5, 0.6) is 0 Å². The van der Waals surface area contributed by atoms with Crippen molar-refractivity contribution in [2.45, 2.75) is 59.3 Å². The molecule has 102 valence electrons. The van der Waals surface area contributed by atoms with Gasteiger partial charge in [0.25, 0.3) is 0 Å². The summed E-state index contributed by atoms with van der Waals surface area (Å²) in [6.45, 7) is 13.3. The van der Waals surface area contributed by atoms with Gasteiger partial charge in [0.2, 0.25) is 0 Å². The molecule has 0 fully saturated rings. The molecule has 0 unspecified atom stereocenters. The fourth-order valence-corrected chi connectivity index (χ4v) is 2.32. The Morgan fingerprint density at radius 2 is 1.37 bits per heavy atom. The molecule has 0 saturated heterocycles. The minimum absolute atomic E-state index is 0.467. The monoisotopic (exact) mass is 255 g/mol. The van der Waals surface area contributed by atoms with Crippen molar-refractivity contribution in [2.75, 3.05) is 0 Å². The molecule has 1 aromatic rings. The van der Waals surface area contributed by atoms with E-state index in [4.69, 9.17) is 5.26 Å². The van der Waals surface area contributed by atoms with Crippen LogP contribution in [0.15, 0.2) is 18.2 Å². The first-order valence-electron chi connectivity index (χ1n) is 7.12. The van der Waals surface area contributed by atoms with Gasteiger partial charge < -0.3 is 0 Å². The van der Waals surface area contributed by atoms with E-state index in [0.717, 1.165) is 0 Å². The van der Waals surface area contributed by atoms with Crippen molar-refractivity contribution in [1.82, 2.24) is 0 Å². The second-order valence-corrected chi connectivity index (χ2v) is 6.04. The van der Waals surface area contributed by atoms with Gasteiger partial charge in [-0.05, 0) is 46.1 Å². The molecular formula is C18H25N. The van der Waals surface area contributed by atoms with E-state index in [0.29, 0.717) is 17.8 Å². The van der Waals surface area contributed by atoms with Crippen LogP contribution in [0.3, 0.4) is 0 Å². The van der Waals surface area contributed by atoms with E-state index in [9.17, 15) is 0 Å². The van der Waals surface area contributed by atoms with Gasteiger partial charge in [0.15, 0.2) is 0 Å². The van der Waals surface area contributed by atoms with Gasteiger partial charge in [-0.1, -0.05) is 53.7 Å². The van der Waals surface area contributed by atoms with Crippen molar-refractivity contribution >= 4 is 6.08 Å². The van der Waals surface area contributed by atoms with Crippen LogP contribution in [0.1, 0.15) is 81.5 Å². The van der Waals surface area contributed by atoms with Crippen LogP contribution in [-0.2, 0) is 0 Å². The second-order valence-electron chi connectivity index (χ2n) is 6.04. The van der Waals surface area contributed by atoms with Gasteiger partial charge in [-0.15, -0.1) is 0 Å². The molecule has 0 aromatic heterocycles. The van der Waals surface area contributed by atoms with Crippen molar-refractivity contribution in [1.29, 1.82) is 5.26 Å². The Morgan fingerprint density at radius 3 is 1.68 bits per heavy atom. The first-order chi connectivity index (χ1) is 8.88. The summed E-state index contributed by atoms with van der Waals surface area (Å²) in [4.78, 5) is 0. The Hall–Kier alpha value is -1.55. The highest BCUT2D eigenvalue weighted by atomic mass is 14.2. The van der Waals surface area contributed by atoms with E-state index in [1.807, 2.05) is 6.08 Å². The smallest absolute Gasteiger partial charge is 0.0912 e. The first-order valence-corrected chi connectivity index (χ1v) is 7.12. The van der Waals surface area contributed by atoms with Gasteiger partial charge in [0.1, 0.15) is 0 Å². The van der Waals surface area contributed by atoms with Crippen LogP contribution in [-0.4, -0.2) is 0 Å². The maximum absolute atomic E-state index is 8.79. The number of benzene rings is 1. The van der Waals surface area contributed by atoms with Crippen molar-refractivity contribution in [3.63, 3.8) is 0 Å². The molecule has 0 saturated carbocycles. The summed E-state index contributed by atoms with van der Waals surface area (Å²) in [5, 5.41) is 8.79. The first kappa shape index (κ1) is 15.5. The molecule has 0 spiro atoms. The van der Waals surface area contributed by atoms with E-state index < -0.39 is 0 Å². The molecule has 0 radical (unpaired) electrons. The Kier molecular flexibility index (Phi) is 5.36. The molecule has 0 heterocycles. The van der Waals surface area contributed by atoms with Crippen LogP contribution >= 0.6 is 0 Å². The predicted octanol–water partition coefficient (Wildman–Crippen LogP) is 5.59. The highest BCUT2D eigenvalue weighted by Gasteiger charge is 2.15. The average molecular weight is 255 g/mol. The third-order valence-corrected chi connectivity index (χ3v) is 3.50. The molecule has 1 heteroatoms. The minimum atomic E-state index is 0.467. The Morgan fingerprint density at radius 1 is 0.895 bits per heavy atom. The summed E-state index contributed by atoms with van der Waals surface area (Å²) in [5.74, 6) is 1.47. The maximum atomic E-state index is 8.79. The molecule has 0 atom stereocenters. The molecule has 1 rings (SSSR count). The molecule has 0 bridgehead atoms. The Bertz CT molecular complexity index is 470. The van der Waals surface area contributed by atoms with E-state index in [2.05, 4.69) is 59.7 Å². The number of nitriles is 1. The number of nitrogens with zero attached hydrogens (tertiary/aromatic N) is 1. The molecule has 19 heavy (non-hydrogen) atoms. The fraction of sp³-hybridized carbons (Fsp3) is 0.500. The molecule has 1 aromatic carbocycles. The van der Waals surface area contributed by atoms with E-state index in [-0.39, 0.29) is 0 Å². The standard InChI is InChI=1S/C18H25N/c1-12(2)15-10-17(13(3)4)16(8-7-9-19)18(11-15)14(5)6/h7-8,10-14H,1-6H3. The maximum Gasteiger partial charge on any atom is 0.0912 e. The zero-order valence-electron chi connectivity index (χ0n) is 13.0. The lowest BCUT2D eigenvalue weighted by Crippen LogP contribution is -2.03. The van der Waals surface area contributed by atoms with Gasteiger partial charge in [0.05, 0.1) is 6.07 Å². The van der Waals surface area contributed by atoms with Crippen LogP contribution < -0.4 is 0 Å². The lowest BCUT2D eigenvalue weighted by Gasteiger charge is -2.21. The van der Waals surface area contributed by atoms with Gasteiger partial charge in [0, 0.05) is 6.08 Å². The molecule has 0 aliphatic heterocycles. The third kappa shape index (κ3) is 3.70. The van der Waals surface area contributed by atoms with E-state index in [1.54, 1.807) is 6.08 Å². The number of rotatable bonds is 4. The predicted molar refractivity (Wildman–Crippen MR) is 83.4 cm³/mol. The van der Waals surface area contributed by atoms with E-state index in [1.165, 1.54) is 22.3 Å². The van der Waals surface area contributed by atoms with Gasteiger partial charge in [-0.3, -0.25) is 0 Å². The van der Waals surface area contributed by atoms with Gasteiger partial charge in [-0.25, -0.2) is 0 Å². The Balaban J connectivity index is 3.56. The zero-order valence-corrected chi connectivity index (χ0v) is 13.0. The van der Waals surface area contributed by atoms with E-state index >= 15 is 0 Å². The molecule has 0 amide bonds. The van der Waals surface area contributed by atoms with Crippen LogP contribution in [0.2, 0.25) is 0 Å².